The van der Waals surface area contributed by atoms with Crippen LogP contribution in [0, 0.1) is 13.8 Å². The lowest BCUT2D eigenvalue weighted by molar-refractivity contribution is 0.100. The summed E-state index contributed by atoms with van der Waals surface area (Å²) in [7, 11) is 0. The topological polar surface area (TPSA) is 112 Å². The number of Topliss-reactive ketones (excluding diaryl/α,β-unsaturated/α-hetero) is 2. The van der Waals surface area contributed by atoms with E-state index in [4.69, 9.17) is 5.11 Å². The van der Waals surface area contributed by atoms with Gasteiger partial charge in [-0.2, -0.15) is 0 Å². The molecule has 0 amide bonds. The number of ketones is 3. The molecular weight excluding hydrogens is 468 g/mol. The number of hydrogen-bond acceptors (Lipinski definition) is 6. The normalized spacial score (nSPS) is 9.73. The molecule has 3 N–H and O–H groups in total. The van der Waals surface area contributed by atoms with Gasteiger partial charge in [0.2, 0.25) is 0 Å². The van der Waals surface area contributed by atoms with Gasteiger partial charge in [-0.25, -0.2) is 0 Å². The van der Waals surface area contributed by atoms with Crippen LogP contribution in [0.1, 0.15) is 61.6 Å². The summed E-state index contributed by atoms with van der Waals surface area (Å²) in [6, 6.07) is 25.4. The van der Waals surface area contributed by atoms with Crippen LogP contribution in [0.5, 0.6) is 17.2 Å². The number of carbonyl (C=O) groups is 3. The van der Waals surface area contributed by atoms with Gasteiger partial charge in [0.1, 0.15) is 17.2 Å². The molecule has 0 spiro atoms. The van der Waals surface area contributed by atoms with Gasteiger partial charge in [0.05, 0.1) is 16.7 Å². The van der Waals surface area contributed by atoms with Crippen molar-refractivity contribution < 1.29 is 29.7 Å². The predicted molar refractivity (Wildman–Crippen MR) is 144 cm³/mol. The molecule has 4 aromatic rings. The molecule has 6 nitrogen and oxygen atoms in total. The summed E-state index contributed by atoms with van der Waals surface area (Å²) < 4.78 is 0. The molecule has 0 bridgehead atoms. The smallest absolute Gasteiger partial charge is 0.196 e. The zero-order chi connectivity index (χ0) is 27.5. The number of benzene rings is 4. The number of carbonyl (C=O) groups excluding carboxylic acids is 3. The summed E-state index contributed by atoms with van der Waals surface area (Å²) >= 11 is 0. The molecule has 6 heteroatoms. The molecule has 37 heavy (non-hydrogen) atoms. The van der Waals surface area contributed by atoms with Gasteiger partial charge in [0.25, 0.3) is 0 Å². The van der Waals surface area contributed by atoms with Gasteiger partial charge < -0.3 is 15.3 Å². The first-order valence-electron chi connectivity index (χ1n) is 11.5. The molecule has 0 saturated heterocycles. The maximum absolute atomic E-state index is 12.1. The number of rotatable bonds is 4. The third kappa shape index (κ3) is 8.47. The van der Waals surface area contributed by atoms with Crippen LogP contribution < -0.4 is 0 Å². The van der Waals surface area contributed by atoms with E-state index in [2.05, 4.69) is 0 Å². The summed E-state index contributed by atoms with van der Waals surface area (Å²) in [6.07, 6.45) is 0. The lowest BCUT2D eigenvalue weighted by atomic mass is 10.0. The van der Waals surface area contributed by atoms with E-state index in [1.165, 1.54) is 26.0 Å². The predicted octanol–water partition coefficient (Wildman–Crippen LogP) is 6.43. The fourth-order valence-corrected chi connectivity index (χ4v) is 3.28. The monoisotopic (exact) mass is 498 g/mol. The van der Waals surface area contributed by atoms with Gasteiger partial charge in [0, 0.05) is 5.56 Å². The van der Waals surface area contributed by atoms with Crippen LogP contribution in [0.15, 0.2) is 91.0 Å². The van der Waals surface area contributed by atoms with E-state index in [1.807, 2.05) is 19.9 Å². The second-order valence-electron chi connectivity index (χ2n) is 8.37. The van der Waals surface area contributed by atoms with Crippen LogP contribution in [-0.4, -0.2) is 32.7 Å². The molecule has 0 aliphatic rings. The summed E-state index contributed by atoms with van der Waals surface area (Å²) in [5, 5.41) is 27.9. The van der Waals surface area contributed by atoms with Crippen molar-refractivity contribution in [3.8, 4) is 17.2 Å². The van der Waals surface area contributed by atoms with Crippen LogP contribution >= 0.6 is 0 Å². The molecule has 0 atom stereocenters. The Hall–Kier alpha value is -4.71. The lowest BCUT2D eigenvalue weighted by Crippen LogP contribution is -2.01. The molecule has 0 unspecified atom stereocenters. The zero-order valence-electron chi connectivity index (χ0n) is 21.2. The molecule has 0 saturated carbocycles. The Labute approximate surface area is 216 Å². The summed E-state index contributed by atoms with van der Waals surface area (Å²) in [6.45, 7) is 6.64. The lowest BCUT2D eigenvalue weighted by Gasteiger charge is -2.04. The van der Waals surface area contributed by atoms with E-state index in [9.17, 15) is 24.6 Å². The minimum atomic E-state index is -0.151. The largest absolute Gasteiger partial charge is 0.507 e. The average Bonchev–Trinajstić information content (AvgIpc) is 2.88. The van der Waals surface area contributed by atoms with Crippen molar-refractivity contribution in [1.29, 1.82) is 0 Å². The van der Waals surface area contributed by atoms with Gasteiger partial charge in [0.15, 0.2) is 17.3 Å². The van der Waals surface area contributed by atoms with Crippen molar-refractivity contribution in [2.75, 3.05) is 0 Å². The molecule has 0 aliphatic heterocycles. The van der Waals surface area contributed by atoms with Gasteiger partial charge in [-0.1, -0.05) is 65.7 Å². The van der Waals surface area contributed by atoms with Crippen molar-refractivity contribution >= 4 is 17.3 Å². The van der Waals surface area contributed by atoms with Gasteiger partial charge >= 0.3 is 0 Å². The van der Waals surface area contributed by atoms with Crippen molar-refractivity contribution in [3.05, 3.63) is 124 Å². The van der Waals surface area contributed by atoms with E-state index in [-0.39, 0.29) is 34.6 Å². The molecule has 0 heterocycles. The summed E-state index contributed by atoms with van der Waals surface area (Å²) in [5.74, 6) is -0.233. The van der Waals surface area contributed by atoms with Crippen molar-refractivity contribution in [3.63, 3.8) is 0 Å². The van der Waals surface area contributed by atoms with Crippen molar-refractivity contribution in [1.82, 2.24) is 0 Å². The first-order chi connectivity index (χ1) is 17.5. The SMILES string of the molecule is CC(=O)c1cc(C)ccc1O.CC(=O)c1ccccc1O.Cc1ccc(O)c(C(=O)c2ccccc2)c1. The molecule has 0 aromatic heterocycles. The molecule has 190 valence electrons. The van der Waals surface area contributed by atoms with E-state index < -0.39 is 0 Å². The number of phenolic OH excluding ortho intramolecular Hbond substituents is 3. The fraction of sp³-hybridized carbons (Fsp3) is 0.129. The first kappa shape index (κ1) is 28.5. The molecule has 0 fully saturated rings. The Morgan fingerprint density at radius 2 is 0.946 bits per heavy atom. The molecule has 4 aromatic carbocycles. The van der Waals surface area contributed by atoms with Crippen LogP contribution in [0.25, 0.3) is 0 Å². The summed E-state index contributed by atoms with van der Waals surface area (Å²) in [4.78, 5) is 33.6. The Balaban J connectivity index is 0.000000203. The second-order valence-corrected chi connectivity index (χ2v) is 8.37. The quantitative estimate of drug-likeness (QED) is 0.280. The van der Waals surface area contributed by atoms with E-state index in [0.717, 1.165) is 11.1 Å². The maximum atomic E-state index is 12.1. The molecule has 4 rings (SSSR count). The number of hydrogen-bond donors (Lipinski definition) is 3. The first-order valence-corrected chi connectivity index (χ1v) is 11.5. The number of aryl methyl sites for hydroxylation is 2. The Morgan fingerprint density at radius 3 is 1.41 bits per heavy atom. The molecular formula is C31H30O6. The third-order valence-electron chi connectivity index (χ3n) is 5.25. The average molecular weight is 499 g/mol. The van der Waals surface area contributed by atoms with Crippen molar-refractivity contribution in [2.45, 2.75) is 27.7 Å². The Bertz CT molecular complexity index is 1390. The Kier molecular flexibility index (Phi) is 10.3. The number of para-hydroxylation sites is 1. The third-order valence-corrected chi connectivity index (χ3v) is 5.25. The fourth-order valence-electron chi connectivity index (χ4n) is 3.28. The maximum Gasteiger partial charge on any atom is 0.196 e. The minimum Gasteiger partial charge on any atom is -0.507 e. The van der Waals surface area contributed by atoms with Crippen LogP contribution in [0.3, 0.4) is 0 Å². The second kappa shape index (κ2) is 13.4. The minimum absolute atomic E-state index is 0.0273. The van der Waals surface area contributed by atoms with E-state index in [1.54, 1.807) is 72.8 Å². The van der Waals surface area contributed by atoms with E-state index in [0.29, 0.717) is 22.3 Å². The van der Waals surface area contributed by atoms with Gasteiger partial charge in [-0.3, -0.25) is 14.4 Å². The van der Waals surface area contributed by atoms with Crippen LogP contribution in [-0.2, 0) is 0 Å². The zero-order valence-corrected chi connectivity index (χ0v) is 21.2. The van der Waals surface area contributed by atoms with E-state index >= 15 is 0 Å². The molecule has 0 radical (unpaired) electrons. The standard InChI is InChI=1S/C14H12O2.C9H10O2.C8H8O2/c1-10-7-8-13(15)12(9-10)14(16)11-5-3-2-4-6-11;1-6-3-4-9(11)8(5-6)7(2)10;1-6(9)7-4-2-3-5-8(7)10/h2-9,15H,1H3;3-5,11H,1-2H3;2-5,10H,1H3. The van der Waals surface area contributed by atoms with Crippen LogP contribution in [0.4, 0.5) is 0 Å². The highest BCUT2D eigenvalue weighted by Gasteiger charge is 2.12. The highest BCUT2D eigenvalue weighted by Crippen LogP contribution is 2.21. The van der Waals surface area contributed by atoms with Crippen molar-refractivity contribution in [2.24, 2.45) is 0 Å². The summed E-state index contributed by atoms with van der Waals surface area (Å²) in [5.41, 5.74) is 3.65. The number of aromatic hydroxyl groups is 3. The highest BCUT2D eigenvalue weighted by molar-refractivity contribution is 6.10. The molecule has 0 aliphatic carbocycles. The Morgan fingerprint density at radius 1 is 0.514 bits per heavy atom. The van der Waals surface area contributed by atoms with Crippen LogP contribution in [0.2, 0.25) is 0 Å². The highest BCUT2D eigenvalue weighted by atomic mass is 16.3. The number of phenols is 3. The van der Waals surface area contributed by atoms with Gasteiger partial charge in [-0.15, -0.1) is 0 Å². The van der Waals surface area contributed by atoms with Gasteiger partial charge in [-0.05, 0) is 64.1 Å².